The van der Waals surface area contributed by atoms with Crippen LogP contribution in [0.2, 0.25) is 0 Å². The SMILES string of the molecule is Cc1ccc(N)c(CN(C)Cc2csc(C)n2)c1. The molecule has 0 aliphatic carbocycles. The highest BCUT2D eigenvalue weighted by atomic mass is 32.1. The van der Waals surface area contributed by atoms with Crippen LogP contribution in [0.3, 0.4) is 0 Å². The summed E-state index contributed by atoms with van der Waals surface area (Å²) < 4.78 is 0. The maximum absolute atomic E-state index is 6.00. The summed E-state index contributed by atoms with van der Waals surface area (Å²) >= 11 is 1.70. The van der Waals surface area contributed by atoms with Crippen LogP contribution in [-0.4, -0.2) is 16.9 Å². The van der Waals surface area contributed by atoms with Crippen molar-refractivity contribution in [3.8, 4) is 0 Å². The number of nitrogens with two attached hydrogens (primary N) is 1. The summed E-state index contributed by atoms with van der Waals surface area (Å²) in [6, 6.07) is 6.17. The van der Waals surface area contributed by atoms with Gasteiger partial charge < -0.3 is 5.73 Å². The fourth-order valence-electron chi connectivity index (χ4n) is 1.98. The van der Waals surface area contributed by atoms with Crippen molar-refractivity contribution in [1.29, 1.82) is 0 Å². The van der Waals surface area contributed by atoms with Gasteiger partial charge in [0, 0.05) is 24.2 Å². The number of thiazole rings is 1. The van der Waals surface area contributed by atoms with Crippen LogP contribution in [0.4, 0.5) is 5.69 Å². The lowest BCUT2D eigenvalue weighted by atomic mass is 10.1. The van der Waals surface area contributed by atoms with Crippen molar-refractivity contribution >= 4 is 17.0 Å². The molecule has 0 fully saturated rings. The van der Waals surface area contributed by atoms with Gasteiger partial charge in [0.05, 0.1) is 10.7 Å². The van der Waals surface area contributed by atoms with Gasteiger partial charge in [-0.3, -0.25) is 4.90 Å². The third-order valence-corrected chi connectivity index (χ3v) is 3.66. The second-order valence-corrected chi connectivity index (χ2v) is 5.79. The van der Waals surface area contributed by atoms with Gasteiger partial charge in [-0.15, -0.1) is 11.3 Å². The normalized spacial score (nSPS) is 11.1. The fraction of sp³-hybridized carbons (Fsp3) is 0.357. The van der Waals surface area contributed by atoms with Crippen molar-refractivity contribution in [3.63, 3.8) is 0 Å². The molecule has 0 atom stereocenters. The minimum absolute atomic E-state index is 0.851. The molecule has 0 aliphatic rings. The van der Waals surface area contributed by atoms with Gasteiger partial charge in [0.25, 0.3) is 0 Å². The lowest BCUT2D eigenvalue weighted by Gasteiger charge is -2.17. The quantitative estimate of drug-likeness (QED) is 0.860. The first-order valence-corrected chi connectivity index (χ1v) is 6.87. The molecule has 4 heteroatoms. The van der Waals surface area contributed by atoms with Crippen LogP contribution < -0.4 is 5.73 Å². The van der Waals surface area contributed by atoms with E-state index in [0.717, 1.165) is 29.5 Å². The third-order valence-electron chi connectivity index (χ3n) is 2.84. The number of hydrogen-bond acceptors (Lipinski definition) is 4. The van der Waals surface area contributed by atoms with E-state index in [9.17, 15) is 0 Å². The number of aromatic nitrogens is 1. The smallest absolute Gasteiger partial charge is 0.0897 e. The summed E-state index contributed by atoms with van der Waals surface area (Å²) in [7, 11) is 2.09. The minimum atomic E-state index is 0.851. The predicted octanol–water partition coefficient (Wildman–Crippen LogP) is 2.97. The zero-order chi connectivity index (χ0) is 13.1. The van der Waals surface area contributed by atoms with Gasteiger partial charge in [-0.05, 0) is 32.5 Å². The van der Waals surface area contributed by atoms with Crippen LogP contribution in [0.1, 0.15) is 21.8 Å². The van der Waals surface area contributed by atoms with E-state index in [0.29, 0.717) is 0 Å². The van der Waals surface area contributed by atoms with Crippen molar-refractivity contribution in [2.75, 3.05) is 12.8 Å². The minimum Gasteiger partial charge on any atom is -0.398 e. The molecule has 0 bridgehead atoms. The van der Waals surface area contributed by atoms with Crippen LogP contribution in [0, 0.1) is 13.8 Å². The maximum Gasteiger partial charge on any atom is 0.0897 e. The van der Waals surface area contributed by atoms with Gasteiger partial charge in [-0.2, -0.15) is 0 Å². The molecule has 18 heavy (non-hydrogen) atoms. The summed E-state index contributed by atoms with van der Waals surface area (Å²) in [4.78, 5) is 6.71. The van der Waals surface area contributed by atoms with E-state index >= 15 is 0 Å². The Hall–Kier alpha value is -1.39. The molecular weight excluding hydrogens is 242 g/mol. The first kappa shape index (κ1) is 13.1. The summed E-state index contributed by atoms with van der Waals surface area (Å²) in [6.07, 6.45) is 0. The van der Waals surface area contributed by atoms with Gasteiger partial charge >= 0.3 is 0 Å². The number of benzene rings is 1. The lowest BCUT2D eigenvalue weighted by Crippen LogP contribution is -2.18. The van der Waals surface area contributed by atoms with E-state index in [-0.39, 0.29) is 0 Å². The fourth-order valence-corrected chi connectivity index (χ4v) is 2.58. The molecule has 0 radical (unpaired) electrons. The number of rotatable bonds is 4. The molecule has 2 aromatic rings. The van der Waals surface area contributed by atoms with Crippen LogP contribution >= 0.6 is 11.3 Å². The van der Waals surface area contributed by atoms with Crippen LogP contribution in [-0.2, 0) is 13.1 Å². The highest BCUT2D eigenvalue weighted by molar-refractivity contribution is 7.09. The molecule has 1 aromatic carbocycles. The molecule has 96 valence electrons. The maximum atomic E-state index is 6.00. The van der Waals surface area contributed by atoms with Gasteiger partial charge in [0.2, 0.25) is 0 Å². The van der Waals surface area contributed by atoms with E-state index < -0.39 is 0 Å². The van der Waals surface area contributed by atoms with E-state index in [1.807, 2.05) is 19.1 Å². The Labute approximate surface area is 112 Å². The Balaban J connectivity index is 2.02. The molecule has 0 amide bonds. The number of hydrogen-bond donors (Lipinski definition) is 1. The Morgan fingerprint density at radius 3 is 2.72 bits per heavy atom. The molecule has 0 saturated heterocycles. The van der Waals surface area contributed by atoms with Crippen molar-refractivity contribution in [2.24, 2.45) is 0 Å². The molecule has 1 heterocycles. The zero-order valence-electron chi connectivity index (χ0n) is 11.1. The van der Waals surface area contributed by atoms with Crippen molar-refractivity contribution in [3.05, 3.63) is 45.4 Å². The Kier molecular flexibility index (Phi) is 3.99. The average molecular weight is 261 g/mol. The van der Waals surface area contributed by atoms with Crippen molar-refractivity contribution < 1.29 is 0 Å². The number of anilines is 1. The van der Waals surface area contributed by atoms with Gasteiger partial charge in [0.15, 0.2) is 0 Å². The van der Waals surface area contributed by atoms with Crippen LogP contribution in [0.5, 0.6) is 0 Å². The molecular formula is C14H19N3S. The zero-order valence-corrected chi connectivity index (χ0v) is 11.9. The molecule has 1 aromatic heterocycles. The molecule has 2 N–H and O–H groups in total. The topological polar surface area (TPSA) is 42.1 Å². The van der Waals surface area contributed by atoms with Gasteiger partial charge in [-0.25, -0.2) is 4.98 Å². The molecule has 0 unspecified atom stereocenters. The van der Waals surface area contributed by atoms with E-state index in [1.54, 1.807) is 11.3 Å². The molecule has 3 nitrogen and oxygen atoms in total. The van der Waals surface area contributed by atoms with Crippen molar-refractivity contribution in [2.45, 2.75) is 26.9 Å². The Morgan fingerprint density at radius 1 is 1.28 bits per heavy atom. The second-order valence-electron chi connectivity index (χ2n) is 4.73. The van der Waals surface area contributed by atoms with Gasteiger partial charge in [0.1, 0.15) is 0 Å². The standard InChI is InChI=1S/C14H19N3S/c1-10-4-5-14(15)12(6-10)7-17(3)8-13-9-18-11(2)16-13/h4-6,9H,7-8,15H2,1-3H3. The molecule has 2 rings (SSSR count). The number of nitrogens with zero attached hydrogens (tertiary/aromatic N) is 2. The molecule has 0 spiro atoms. The number of aryl methyl sites for hydroxylation is 2. The molecule has 0 saturated carbocycles. The highest BCUT2D eigenvalue weighted by Crippen LogP contribution is 2.17. The first-order valence-electron chi connectivity index (χ1n) is 5.99. The lowest BCUT2D eigenvalue weighted by molar-refractivity contribution is 0.316. The van der Waals surface area contributed by atoms with Crippen LogP contribution in [0.25, 0.3) is 0 Å². The summed E-state index contributed by atoms with van der Waals surface area (Å²) in [6.45, 7) is 5.83. The first-order chi connectivity index (χ1) is 8.54. The van der Waals surface area contributed by atoms with E-state index in [2.05, 4.69) is 35.3 Å². The Bertz CT molecular complexity index is 534. The van der Waals surface area contributed by atoms with E-state index in [1.165, 1.54) is 11.1 Å². The predicted molar refractivity (Wildman–Crippen MR) is 77.6 cm³/mol. The third kappa shape index (κ3) is 3.31. The Morgan fingerprint density at radius 2 is 2.06 bits per heavy atom. The second kappa shape index (κ2) is 5.50. The van der Waals surface area contributed by atoms with Crippen molar-refractivity contribution in [1.82, 2.24) is 9.88 Å². The van der Waals surface area contributed by atoms with Crippen LogP contribution in [0.15, 0.2) is 23.6 Å². The van der Waals surface area contributed by atoms with E-state index in [4.69, 9.17) is 5.73 Å². The summed E-state index contributed by atoms with van der Waals surface area (Å²) in [5.74, 6) is 0. The van der Waals surface area contributed by atoms with Gasteiger partial charge in [-0.1, -0.05) is 17.7 Å². The highest BCUT2D eigenvalue weighted by Gasteiger charge is 2.07. The molecule has 0 aliphatic heterocycles. The monoisotopic (exact) mass is 261 g/mol. The number of nitrogen functional groups attached to an aromatic ring is 1. The summed E-state index contributed by atoms with van der Waals surface area (Å²) in [5.41, 5.74) is 10.4. The summed E-state index contributed by atoms with van der Waals surface area (Å²) in [5, 5.41) is 3.24. The average Bonchev–Trinajstić information content (AvgIpc) is 2.69. The largest absolute Gasteiger partial charge is 0.398 e.